The van der Waals surface area contributed by atoms with Crippen molar-refractivity contribution in [3.05, 3.63) is 17.0 Å². The van der Waals surface area contributed by atoms with Gasteiger partial charge in [-0.25, -0.2) is 9.97 Å². The van der Waals surface area contributed by atoms with E-state index >= 15 is 0 Å². The van der Waals surface area contributed by atoms with Crippen molar-refractivity contribution in [3.63, 3.8) is 0 Å². The van der Waals surface area contributed by atoms with Crippen LogP contribution in [0.15, 0.2) is 6.20 Å². The van der Waals surface area contributed by atoms with Crippen LogP contribution in [-0.2, 0) is 0 Å². The molecule has 1 aromatic heterocycles. The molecule has 4 nitrogen and oxygen atoms in total. The van der Waals surface area contributed by atoms with Gasteiger partial charge in [0.25, 0.3) is 0 Å². The zero-order valence-electron chi connectivity index (χ0n) is 9.37. The molecule has 0 amide bonds. The number of nitrogens with one attached hydrogen (secondary N) is 1. The van der Waals surface area contributed by atoms with Gasteiger partial charge in [-0.05, 0) is 39.3 Å². The molecule has 2 N–H and O–H groups in total. The van der Waals surface area contributed by atoms with Crippen LogP contribution >= 0.6 is 11.6 Å². The number of hydrogen-bond acceptors (Lipinski definition) is 4. The van der Waals surface area contributed by atoms with Crippen molar-refractivity contribution in [1.82, 2.24) is 9.97 Å². The summed E-state index contributed by atoms with van der Waals surface area (Å²) in [5.74, 6) is 0.657. The molecule has 1 unspecified atom stereocenters. The summed E-state index contributed by atoms with van der Waals surface area (Å²) in [5.41, 5.74) is 0.0830. The maximum atomic E-state index is 9.77. The molecule has 0 aromatic carbocycles. The lowest BCUT2D eigenvalue weighted by Gasteiger charge is -2.27. The Balaban J connectivity index is 2.85. The third-order valence-corrected chi connectivity index (χ3v) is 2.54. The number of rotatable bonds is 3. The Morgan fingerprint density at radius 1 is 1.53 bits per heavy atom. The van der Waals surface area contributed by atoms with Gasteiger partial charge in [0.2, 0.25) is 5.28 Å². The lowest BCUT2D eigenvalue weighted by molar-refractivity contribution is 0.0647. The molecule has 0 saturated carbocycles. The van der Waals surface area contributed by atoms with Gasteiger partial charge in [0, 0.05) is 11.8 Å². The first-order chi connectivity index (χ1) is 6.80. The first-order valence-electron chi connectivity index (χ1n) is 4.78. The average Bonchev–Trinajstić information content (AvgIpc) is 2.09. The van der Waals surface area contributed by atoms with Gasteiger partial charge in [-0.15, -0.1) is 0 Å². The van der Waals surface area contributed by atoms with Crippen LogP contribution in [0.25, 0.3) is 0 Å². The maximum absolute atomic E-state index is 9.77. The van der Waals surface area contributed by atoms with E-state index in [1.165, 1.54) is 0 Å². The van der Waals surface area contributed by atoms with E-state index < -0.39 is 5.60 Å². The molecule has 1 heterocycles. The number of nitrogens with zero attached hydrogens (tertiary/aromatic N) is 2. The molecule has 1 rings (SSSR count). The SMILES string of the molecule is Cc1cnc(Cl)nc1NC(C)C(C)(C)O. The lowest BCUT2D eigenvalue weighted by Crippen LogP contribution is -2.39. The number of aliphatic hydroxyl groups is 1. The van der Waals surface area contributed by atoms with Crippen LogP contribution in [-0.4, -0.2) is 26.7 Å². The third-order valence-electron chi connectivity index (χ3n) is 2.36. The molecular formula is C10H16ClN3O. The highest BCUT2D eigenvalue weighted by Gasteiger charge is 2.22. The average molecular weight is 230 g/mol. The quantitative estimate of drug-likeness (QED) is 0.779. The highest BCUT2D eigenvalue weighted by atomic mass is 35.5. The highest BCUT2D eigenvalue weighted by Crippen LogP contribution is 2.17. The Morgan fingerprint density at radius 2 is 2.13 bits per heavy atom. The molecular weight excluding hydrogens is 214 g/mol. The first-order valence-corrected chi connectivity index (χ1v) is 5.16. The Hall–Kier alpha value is -0.870. The molecule has 0 fully saturated rings. The summed E-state index contributed by atoms with van der Waals surface area (Å²) < 4.78 is 0. The summed E-state index contributed by atoms with van der Waals surface area (Å²) in [4.78, 5) is 7.92. The monoisotopic (exact) mass is 229 g/mol. The highest BCUT2D eigenvalue weighted by molar-refractivity contribution is 6.28. The zero-order valence-corrected chi connectivity index (χ0v) is 10.1. The van der Waals surface area contributed by atoms with Crippen molar-refractivity contribution in [1.29, 1.82) is 0 Å². The maximum Gasteiger partial charge on any atom is 0.224 e. The second kappa shape index (κ2) is 4.33. The predicted octanol–water partition coefficient (Wildman–Crippen LogP) is 2.01. The van der Waals surface area contributed by atoms with Crippen molar-refractivity contribution in [3.8, 4) is 0 Å². The van der Waals surface area contributed by atoms with E-state index in [0.29, 0.717) is 5.82 Å². The molecule has 0 aliphatic heterocycles. The Bertz CT molecular complexity index is 349. The van der Waals surface area contributed by atoms with E-state index in [1.54, 1.807) is 20.0 Å². The molecule has 84 valence electrons. The fourth-order valence-corrected chi connectivity index (χ4v) is 1.08. The first kappa shape index (κ1) is 12.2. The Kier molecular flexibility index (Phi) is 3.52. The number of halogens is 1. The van der Waals surface area contributed by atoms with E-state index in [0.717, 1.165) is 5.56 Å². The van der Waals surface area contributed by atoms with Crippen LogP contribution in [0, 0.1) is 6.92 Å². The van der Waals surface area contributed by atoms with Gasteiger partial charge >= 0.3 is 0 Å². The van der Waals surface area contributed by atoms with E-state index in [4.69, 9.17) is 11.6 Å². The van der Waals surface area contributed by atoms with Crippen LogP contribution in [0.3, 0.4) is 0 Å². The molecule has 1 aromatic rings. The molecule has 15 heavy (non-hydrogen) atoms. The molecule has 0 radical (unpaired) electrons. The van der Waals surface area contributed by atoms with Crippen LogP contribution in [0.5, 0.6) is 0 Å². The minimum atomic E-state index is -0.816. The predicted molar refractivity (Wildman–Crippen MR) is 61.2 cm³/mol. The van der Waals surface area contributed by atoms with Gasteiger partial charge < -0.3 is 10.4 Å². The second-order valence-electron chi connectivity index (χ2n) is 4.19. The normalized spacial score (nSPS) is 13.7. The largest absolute Gasteiger partial charge is 0.388 e. The van der Waals surface area contributed by atoms with Crippen LogP contribution in [0.2, 0.25) is 5.28 Å². The van der Waals surface area contributed by atoms with E-state index in [-0.39, 0.29) is 11.3 Å². The smallest absolute Gasteiger partial charge is 0.224 e. The van der Waals surface area contributed by atoms with Gasteiger partial charge in [-0.3, -0.25) is 0 Å². The topological polar surface area (TPSA) is 58.0 Å². The number of aromatic nitrogens is 2. The summed E-state index contributed by atoms with van der Waals surface area (Å²) >= 11 is 5.69. The van der Waals surface area contributed by atoms with Crippen molar-refractivity contribution in [2.24, 2.45) is 0 Å². The van der Waals surface area contributed by atoms with Crippen molar-refractivity contribution >= 4 is 17.4 Å². The standard InChI is InChI=1S/C10H16ClN3O/c1-6-5-12-9(11)14-8(6)13-7(2)10(3,4)15/h5,7,15H,1-4H3,(H,12,13,14). The zero-order chi connectivity index (χ0) is 11.6. The lowest BCUT2D eigenvalue weighted by atomic mass is 10.0. The minimum absolute atomic E-state index is 0.123. The summed E-state index contributed by atoms with van der Waals surface area (Å²) in [6, 6.07) is -0.123. The number of hydrogen-bond donors (Lipinski definition) is 2. The number of anilines is 1. The fourth-order valence-electron chi connectivity index (χ4n) is 0.948. The summed E-state index contributed by atoms with van der Waals surface area (Å²) in [6.45, 7) is 7.25. The minimum Gasteiger partial charge on any atom is -0.388 e. The van der Waals surface area contributed by atoms with E-state index in [2.05, 4.69) is 15.3 Å². The number of aryl methyl sites for hydroxylation is 1. The summed E-state index contributed by atoms with van der Waals surface area (Å²) in [6.07, 6.45) is 1.65. The molecule has 0 aliphatic carbocycles. The summed E-state index contributed by atoms with van der Waals surface area (Å²) in [5, 5.41) is 13.1. The van der Waals surface area contributed by atoms with Crippen LogP contribution in [0.1, 0.15) is 26.3 Å². The molecule has 0 bridgehead atoms. The van der Waals surface area contributed by atoms with Gasteiger partial charge in [-0.2, -0.15) is 0 Å². The van der Waals surface area contributed by atoms with E-state index in [1.807, 2.05) is 13.8 Å². The fraction of sp³-hybridized carbons (Fsp3) is 0.600. The van der Waals surface area contributed by atoms with Gasteiger partial charge in [0.15, 0.2) is 0 Å². The van der Waals surface area contributed by atoms with Crippen molar-refractivity contribution in [2.45, 2.75) is 39.3 Å². The van der Waals surface area contributed by atoms with Crippen LogP contribution in [0.4, 0.5) is 5.82 Å². The molecule has 0 aliphatic rings. The van der Waals surface area contributed by atoms with E-state index in [9.17, 15) is 5.11 Å². The van der Waals surface area contributed by atoms with Crippen molar-refractivity contribution in [2.75, 3.05) is 5.32 Å². The molecule has 1 atom stereocenters. The second-order valence-corrected chi connectivity index (χ2v) is 4.53. The Morgan fingerprint density at radius 3 is 2.67 bits per heavy atom. The molecule has 0 saturated heterocycles. The van der Waals surface area contributed by atoms with Gasteiger partial charge in [0.1, 0.15) is 5.82 Å². The third kappa shape index (κ3) is 3.32. The van der Waals surface area contributed by atoms with Crippen LogP contribution < -0.4 is 5.32 Å². The van der Waals surface area contributed by atoms with Crippen molar-refractivity contribution < 1.29 is 5.11 Å². The molecule has 0 spiro atoms. The Labute approximate surface area is 94.7 Å². The van der Waals surface area contributed by atoms with Gasteiger partial charge in [-0.1, -0.05) is 0 Å². The molecule has 5 heteroatoms. The summed E-state index contributed by atoms with van der Waals surface area (Å²) in [7, 11) is 0. The van der Waals surface area contributed by atoms with Gasteiger partial charge in [0.05, 0.1) is 11.6 Å².